The number of ether oxygens (including phenoxy) is 1. The van der Waals surface area contributed by atoms with Crippen molar-refractivity contribution in [3.63, 3.8) is 0 Å². The van der Waals surface area contributed by atoms with Gasteiger partial charge in [-0.1, -0.05) is 97.1 Å². The Morgan fingerprint density at radius 3 is 2.31 bits per heavy atom. The summed E-state index contributed by atoms with van der Waals surface area (Å²) >= 11 is 0. The summed E-state index contributed by atoms with van der Waals surface area (Å²) in [5.41, 5.74) is 5.05. The zero-order valence-electron chi connectivity index (χ0n) is 21.9. The fourth-order valence-electron chi connectivity index (χ4n) is 4.64. The highest BCUT2D eigenvalue weighted by Crippen LogP contribution is 2.35. The molecule has 0 spiro atoms. The van der Waals surface area contributed by atoms with E-state index >= 15 is 0 Å². The maximum absolute atomic E-state index is 14.0. The van der Waals surface area contributed by atoms with Gasteiger partial charge >= 0.3 is 0 Å². The minimum atomic E-state index is -0.335. The van der Waals surface area contributed by atoms with Gasteiger partial charge in [0, 0.05) is 11.1 Å². The third-order valence-corrected chi connectivity index (χ3v) is 6.66. The highest BCUT2D eigenvalue weighted by molar-refractivity contribution is 5.84. The van der Waals surface area contributed by atoms with E-state index < -0.39 is 0 Å². The second kappa shape index (κ2) is 11.7. The molecule has 1 unspecified atom stereocenters. The molecule has 0 aliphatic carbocycles. The number of halogens is 1. The van der Waals surface area contributed by atoms with Crippen molar-refractivity contribution < 1.29 is 9.13 Å². The molecule has 1 atom stereocenters. The van der Waals surface area contributed by atoms with Crippen LogP contribution in [-0.2, 0) is 6.61 Å². The van der Waals surface area contributed by atoms with Gasteiger partial charge in [0.05, 0.1) is 17.3 Å². The molecule has 0 aliphatic rings. The average molecular weight is 517 g/mol. The minimum Gasteiger partial charge on any atom is -0.488 e. The molecular weight excluding hydrogens is 487 g/mol. The molecule has 0 bridgehead atoms. The normalized spacial score (nSPS) is 12.0. The van der Waals surface area contributed by atoms with Crippen LogP contribution in [0.2, 0.25) is 0 Å². The maximum Gasteiger partial charge on any atom is 0.275 e. The van der Waals surface area contributed by atoms with Gasteiger partial charge < -0.3 is 4.74 Å². The number of aromatic nitrogens is 2. The summed E-state index contributed by atoms with van der Waals surface area (Å²) in [6.45, 7) is 4.25. The molecule has 0 fully saturated rings. The summed E-state index contributed by atoms with van der Waals surface area (Å²) in [5.74, 6) is 0.318. The van der Waals surface area contributed by atoms with Gasteiger partial charge in [-0.3, -0.25) is 4.79 Å². The Morgan fingerprint density at radius 2 is 1.56 bits per heavy atom. The molecule has 0 aliphatic heterocycles. The SMILES string of the molecule is Cc1nn(C(C)c2ccccc2)c(=O)c(/C=C/c2cccc(F)c2)c1-c1ccccc1OCc1ccccc1. The molecule has 4 nitrogen and oxygen atoms in total. The molecule has 0 radical (unpaired) electrons. The van der Waals surface area contributed by atoms with Crippen LogP contribution < -0.4 is 10.3 Å². The smallest absolute Gasteiger partial charge is 0.275 e. The topological polar surface area (TPSA) is 44.1 Å². The third kappa shape index (κ3) is 5.88. The number of nitrogens with zero attached hydrogens (tertiary/aromatic N) is 2. The van der Waals surface area contributed by atoms with Crippen molar-refractivity contribution in [2.24, 2.45) is 0 Å². The molecule has 5 rings (SSSR count). The number of aryl methyl sites for hydroxylation is 1. The Balaban J connectivity index is 1.65. The fourth-order valence-corrected chi connectivity index (χ4v) is 4.64. The van der Waals surface area contributed by atoms with Gasteiger partial charge in [0.2, 0.25) is 0 Å². The van der Waals surface area contributed by atoms with Crippen LogP contribution in [0.1, 0.15) is 40.9 Å². The number of hydrogen-bond acceptors (Lipinski definition) is 3. The summed E-state index contributed by atoms with van der Waals surface area (Å²) in [7, 11) is 0. The summed E-state index contributed by atoms with van der Waals surface area (Å²) in [6, 6.07) is 33.4. The Kier molecular flexibility index (Phi) is 7.78. The number of hydrogen-bond donors (Lipinski definition) is 0. The van der Waals surface area contributed by atoms with E-state index in [0.29, 0.717) is 34.7 Å². The largest absolute Gasteiger partial charge is 0.488 e. The van der Waals surface area contributed by atoms with Gasteiger partial charge in [-0.15, -0.1) is 0 Å². The molecule has 194 valence electrons. The molecule has 39 heavy (non-hydrogen) atoms. The molecule has 5 heteroatoms. The Morgan fingerprint density at radius 1 is 0.872 bits per heavy atom. The van der Waals surface area contributed by atoms with Crippen molar-refractivity contribution in [1.29, 1.82) is 0 Å². The van der Waals surface area contributed by atoms with Gasteiger partial charge in [-0.25, -0.2) is 9.07 Å². The quantitative estimate of drug-likeness (QED) is 0.212. The van der Waals surface area contributed by atoms with E-state index in [0.717, 1.165) is 16.7 Å². The second-order valence-corrected chi connectivity index (χ2v) is 9.37. The molecule has 0 saturated heterocycles. The highest BCUT2D eigenvalue weighted by Gasteiger charge is 2.21. The Bertz CT molecular complexity index is 1660. The van der Waals surface area contributed by atoms with Crippen molar-refractivity contribution in [2.45, 2.75) is 26.5 Å². The van der Waals surface area contributed by atoms with Gasteiger partial charge in [0.25, 0.3) is 5.56 Å². The van der Waals surface area contributed by atoms with Crippen LogP contribution in [0.25, 0.3) is 23.3 Å². The number of rotatable bonds is 8. The standard InChI is InChI=1S/C34H29FN2O2/c1-24-33(30-18-9-10-19-32(30)39-23-27-12-5-3-6-13-27)31(21-20-26-14-11-17-29(35)22-26)34(38)37(36-24)25(2)28-15-7-4-8-16-28/h3-22,25H,23H2,1-2H3/b21-20+. The van der Waals surface area contributed by atoms with Crippen molar-refractivity contribution in [2.75, 3.05) is 0 Å². The van der Waals surface area contributed by atoms with E-state index in [1.54, 1.807) is 24.3 Å². The van der Waals surface area contributed by atoms with Crippen LogP contribution in [0.15, 0.2) is 114 Å². The van der Waals surface area contributed by atoms with Crippen molar-refractivity contribution in [3.05, 3.63) is 153 Å². The summed E-state index contributed by atoms with van der Waals surface area (Å²) in [4.78, 5) is 14.0. The molecule has 4 aromatic carbocycles. The monoisotopic (exact) mass is 516 g/mol. The first-order valence-electron chi connectivity index (χ1n) is 12.9. The lowest BCUT2D eigenvalue weighted by Crippen LogP contribution is -2.30. The third-order valence-electron chi connectivity index (χ3n) is 6.66. The zero-order chi connectivity index (χ0) is 27.2. The summed E-state index contributed by atoms with van der Waals surface area (Å²) in [6.07, 6.45) is 3.51. The van der Waals surface area contributed by atoms with Crippen molar-refractivity contribution in [3.8, 4) is 16.9 Å². The van der Waals surface area contributed by atoms with Gasteiger partial charge in [0.15, 0.2) is 0 Å². The van der Waals surface area contributed by atoms with Crippen LogP contribution in [0, 0.1) is 12.7 Å². The van der Waals surface area contributed by atoms with E-state index in [9.17, 15) is 9.18 Å². The van der Waals surface area contributed by atoms with E-state index in [-0.39, 0.29) is 17.4 Å². The van der Waals surface area contributed by atoms with Gasteiger partial charge in [-0.2, -0.15) is 5.10 Å². The molecule has 1 heterocycles. The molecular formula is C34H29FN2O2. The number of para-hydroxylation sites is 1. The summed E-state index contributed by atoms with van der Waals surface area (Å²) < 4.78 is 21.7. The van der Waals surface area contributed by atoms with Crippen LogP contribution in [0.3, 0.4) is 0 Å². The average Bonchev–Trinajstić information content (AvgIpc) is 2.97. The highest BCUT2D eigenvalue weighted by atomic mass is 19.1. The van der Waals surface area contributed by atoms with Crippen LogP contribution in [0.5, 0.6) is 5.75 Å². The lowest BCUT2D eigenvalue weighted by atomic mass is 9.97. The lowest BCUT2D eigenvalue weighted by Gasteiger charge is -2.20. The van der Waals surface area contributed by atoms with Crippen LogP contribution in [-0.4, -0.2) is 9.78 Å². The van der Waals surface area contributed by atoms with Gasteiger partial charge in [0.1, 0.15) is 18.2 Å². The molecule has 0 saturated carbocycles. The van der Waals surface area contributed by atoms with Crippen molar-refractivity contribution >= 4 is 12.2 Å². The number of benzene rings is 4. The van der Waals surface area contributed by atoms with Gasteiger partial charge in [-0.05, 0) is 54.8 Å². The minimum absolute atomic E-state index is 0.238. The van der Waals surface area contributed by atoms with Crippen molar-refractivity contribution in [1.82, 2.24) is 9.78 Å². The predicted molar refractivity (Wildman–Crippen MR) is 155 cm³/mol. The lowest BCUT2D eigenvalue weighted by molar-refractivity contribution is 0.307. The fraction of sp³-hybridized carbons (Fsp3) is 0.118. The molecule has 5 aromatic rings. The Hall–Kier alpha value is -4.77. The van der Waals surface area contributed by atoms with E-state index in [4.69, 9.17) is 9.84 Å². The van der Waals surface area contributed by atoms with Crippen LogP contribution >= 0.6 is 0 Å². The predicted octanol–water partition coefficient (Wildman–Crippen LogP) is 7.72. The first-order chi connectivity index (χ1) is 19.0. The molecule has 0 N–H and O–H groups in total. The molecule has 0 amide bonds. The molecule has 1 aromatic heterocycles. The Labute approximate surface area is 227 Å². The summed E-state index contributed by atoms with van der Waals surface area (Å²) in [5, 5.41) is 4.77. The maximum atomic E-state index is 14.0. The first kappa shape index (κ1) is 25.9. The van der Waals surface area contributed by atoms with E-state index in [1.165, 1.54) is 16.8 Å². The van der Waals surface area contributed by atoms with E-state index in [2.05, 4.69) is 0 Å². The zero-order valence-corrected chi connectivity index (χ0v) is 21.9. The second-order valence-electron chi connectivity index (χ2n) is 9.37. The first-order valence-corrected chi connectivity index (χ1v) is 12.9. The van der Waals surface area contributed by atoms with Crippen LogP contribution in [0.4, 0.5) is 4.39 Å². The van der Waals surface area contributed by atoms with E-state index in [1.807, 2.05) is 98.8 Å².